The standard InChI is InChI=1S/C15H13ClFNO4/c1-21-12-6-5-11(18-15(19)20)13(14(12)22-2)8-3-4-10(17)9(16)7-8/h3-7,18H,1-2H3,(H,19,20). The molecule has 0 spiro atoms. The number of rotatable bonds is 4. The number of ether oxygens (including phenoxy) is 2. The highest BCUT2D eigenvalue weighted by Gasteiger charge is 2.19. The van der Waals surface area contributed by atoms with Gasteiger partial charge < -0.3 is 14.6 Å². The molecule has 0 saturated carbocycles. The number of carboxylic acid groups (broad SMARTS) is 1. The Morgan fingerprint density at radius 1 is 1.23 bits per heavy atom. The fourth-order valence-electron chi connectivity index (χ4n) is 2.08. The summed E-state index contributed by atoms with van der Waals surface area (Å²) >= 11 is 5.81. The van der Waals surface area contributed by atoms with Gasteiger partial charge >= 0.3 is 6.09 Å². The van der Waals surface area contributed by atoms with Crippen molar-refractivity contribution in [3.63, 3.8) is 0 Å². The van der Waals surface area contributed by atoms with Gasteiger partial charge in [0.1, 0.15) is 5.82 Å². The summed E-state index contributed by atoms with van der Waals surface area (Å²) in [6, 6.07) is 7.16. The first-order chi connectivity index (χ1) is 10.5. The zero-order chi connectivity index (χ0) is 16.3. The highest BCUT2D eigenvalue weighted by molar-refractivity contribution is 6.31. The van der Waals surface area contributed by atoms with Gasteiger partial charge in [0.05, 0.1) is 30.5 Å². The quantitative estimate of drug-likeness (QED) is 0.881. The second-order valence-corrected chi connectivity index (χ2v) is 4.69. The molecule has 116 valence electrons. The molecule has 0 aromatic heterocycles. The van der Waals surface area contributed by atoms with Crippen LogP contribution < -0.4 is 14.8 Å². The average Bonchev–Trinajstić information content (AvgIpc) is 2.49. The molecule has 7 heteroatoms. The normalized spacial score (nSPS) is 10.2. The predicted molar refractivity (Wildman–Crippen MR) is 81.6 cm³/mol. The summed E-state index contributed by atoms with van der Waals surface area (Å²) in [5, 5.41) is 11.2. The number of anilines is 1. The van der Waals surface area contributed by atoms with Crippen molar-refractivity contribution < 1.29 is 23.8 Å². The minimum Gasteiger partial charge on any atom is -0.493 e. The van der Waals surface area contributed by atoms with E-state index in [9.17, 15) is 9.18 Å². The molecule has 2 N–H and O–H groups in total. The lowest BCUT2D eigenvalue weighted by Gasteiger charge is -2.17. The molecule has 0 unspecified atom stereocenters. The van der Waals surface area contributed by atoms with Crippen molar-refractivity contribution in [1.82, 2.24) is 0 Å². The summed E-state index contributed by atoms with van der Waals surface area (Å²) in [7, 11) is 2.89. The summed E-state index contributed by atoms with van der Waals surface area (Å²) in [5.41, 5.74) is 1.17. The molecule has 1 amide bonds. The van der Waals surface area contributed by atoms with E-state index in [1.54, 1.807) is 6.07 Å². The molecule has 0 aliphatic carbocycles. The average molecular weight is 326 g/mol. The topological polar surface area (TPSA) is 67.8 Å². The van der Waals surface area contributed by atoms with Crippen LogP contribution >= 0.6 is 11.6 Å². The Kier molecular flexibility index (Phi) is 4.72. The molecule has 22 heavy (non-hydrogen) atoms. The molecule has 0 aliphatic heterocycles. The second-order valence-electron chi connectivity index (χ2n) is 4.28. The van der Waals surface area contributed by atoms with Crippen molar-refractivity contribution in [2.45, 2.75) is 0 Å². The molecule has 5 nitrogen and oxygen atoms in total. The Bertz CT molecular complexity index is 721. The number of carbonyl (C=O) groups is 1. The molecule has 2 aromatic carbocycles. The van der Waals surface area contributed by atoms with E-state index < -0.39 is 11.9 Å². The molecule has 0 saturated heterocycles. The molecule has 0 bridgehead atoms. The Morgan fingerprint density at radius 2 is 1.95 bits per heavy atom. The van der Waals surface area contributed by atoms with Crippen LogP contribution in [-0.2, 0) is 0 Å². The van der Waals surface area contributed by atoms with Crippen LogP contribution in [0.4, 0.5) is 14.9 Å². The van der Waals surface area contributed by atoms with Gasteiger partial charge in [-0.2, -0.15) is 0 Å². The van der Waals surface area contributed by atoms with E-state index in [0.717, 1.165) is 0 Å². The number of benzene rings is 2. The van der Waals surface area contributed by atoms with E-state index >= 15 is 0 Å². The fourth-order valence-corrected chi connectivity index (χ4v) is 2.27. The van der Waals surface area contributed by atoms with Crippen LogP contribution in [-0.4, -0.2) is 25.4 Å². The number of nitrogens with one attached hydrogen (secondary N) is 1. The van der Waals surface area contributed by atoms with E-state index in [1.807, 2.05) is 0 Å². The van der Waals surface area contributed by atoms with Crippen molar-refractivity contribution in [3.05, 3.63) is 41.2 Å². The van der Waals surface area contributed by atoms with Gasteiger partial charge in [-0.25, -0.2) is 9.18 Å². The Labute approximate surface area is 131 Å². The number of halogens is 2. The van der Waals surface area contributed by atoms with Crippen LogP contribution in [0.25, 0.3) is 11.1 Å². The van der Waals surface area contributed by atoms with Crippen LogP contribution in [0.2, 0.25) is 5.02 Å². The maximum atomic E-state index is 13.4. The molecule has 0 fully saturated rings. The van der Waals surface area contributed by atoms with E-state index in [1.165, 1.54) is 38.5 Å². The van der Waals surface area contributed by atoms with E-state index in [0.29, 0.717) is 22.6 Å². The van der Waals surface area contributed by atoms with E-state index in [2.05, 4.69) is 5.32 Å². The third kappa shape index (κ3) is 3.07. The summed E-state index contributed by atoms with van der Waals surface area (Å²) in [6.45, 7) is 0. The summed E-state index contributed by atoms with van der Waals surface area (Å²) in [6.07, 6.45) is -1.23. The second kappa shape index (κ2) is 6.53. The predicted octanol–water partition coefficient (Wildman–Crippen LogP) is 4.25. The molecule has 2 rings (SSSR count). The van der Waals surface area contributed by atoms with Gasteiger partial charge in [0.2, 0.25) is 0 Å². The van der Waals surface area contributed by atoms with Crippen LogP contribution in [0.5, 0.6) is 11.5 Å². The third-order valence-corrected chi connectivity index (χ3v) is 3.29. The number of hydrogen-bond donors (Lipinski definition) is 2. The fraction of sp³-hybridized carbons (Fsp3) is 0.133. The SMILES string of the molecule is COc1ccc(NC(=O)O)c(-c2ccc(F)c(Cl)c2)c1OC. The molecule has 0 radical (unpaired) electrons. The van der Waals surface area contributed by atoms with Crippen LogP contribution in [0.3, 0.4) is 0 Å². The third-order valence-electron chi connectivity index (χ3n) is 3.00. The molecule has 0 aliphatic rings. The first-order valence-electron chi connectivity index (χ1n) is 6.18. The van der Waals surface area contributed by atoms with E-state index in [4.69, 9.17) is 26.2 Å². The van der Waals surface area contributed by atoms with Gasteiger partial charge in [-0.3, -0.25) is 5.32 Å². The molecule has 0 atom stereocenters. The Hall–Kier alpha value is -2.47. The summed E-state index contributed by atoms with van der Waals surface area (Å²) in [4.78, 5) is 11.0. The Morgan fingerprint density at radius 3 is 2.50 bits per heavy atom. The minimum atomic E-state index is -1.23. The largest absolute Gasteiger partial charge is 0.493 e. The van der Waals surface area contributed by atoms with Gasteiger partial charge in [0.15, 0.2) is 11.5 Å². The van der Waals surface area contributed by atoms with Crippen molar-refractivity contribution >= 4 is 23.4 Å². The van der Waals surface area contributed by atoms with Gasteiger partial charge in [-0.1, -0.05) is 17.7 Å². The van der Waals surface area contributed by atoms with Crippen molar-refractivity contribution in [1.29, 1.82) is 0 Å². The lowest BCUT2D eigenvalue weighted by Crippen LogP contribution is -2.09. The minimum absolute atomic E-state index is 0.0800. The van der Waals surface area contributed by atoms with Crippen molar-refractivity contribution in [2.75, 3.05) is 19.5 Å². The zero-order valence-electron chi connectivity index (χ0n) is 11.8. The first kappa shape index (κ1) is 15.9. The molecular weight excluding hydrogens is 313 g/mol. The van der Waals surface area contributed by atoms with E-state index in [-0.39, 0.29) is 10.7 Å². The number of amides is 1. The smallest absolute Gasteiger partial charge is 0.409 e. The Balaban J connectivity index is 2.72. The summed E-state index contributed by atoms with van der Waals surface area (Å²) < 4.78 is 23.9. The maximum Gasteiger partial charge on any atom is 0.409 e. The highest BCUT2D eigenvalue weighted by atomic mass is 35.5. The van der Waals surface area contributed by atoms with Crippen LogP contribution in [0.15, 0.2) is 30.3 Å². The number of hydrogen-bond acceptors (Lipinski definition) is 3. The van der Waals surface area contributed by atoms with Gasteiger partial charge in [0.25, 0.3) is 0 Å². The number of methoxy groups -OCH3 is 2. The lowest BCUT2D eigenvalue weighted by molar-refractivity contribution is 0.209. The first-order valence-corrected chi connectivity index (χ1v) is 6.56. The van der Waals surface area contributed by atoms with Gasteiger partial charge in [-0.15, -0.1) is 0 Å². The van der Waals surface area contributed by atoms with Crippen molar-refractivity contribution in [3.8, 4) is 22.6 Å². The lowest BCUT2D eigenvalue weighted by atomic mass is 10.0. The highest BCUT2D eigenvalue weighted by Crippen LogP contribution is 2.44. The zero-order valence-corrected chi connectivity index (χ0v) is 12.6. The monoisotopic (exact) mass is 325 g/mol. The van der Waals surface area contributed by atoms with Crippen LogP contribution in [0.1, 0.15) is 0 Å². The van der Waals surface area contributed by atoms with Gasteiger partial charge in [-0.05, 0) is 29.8 Å². The van der Waals surface area contributed by atoms with Crippen molar-refractivity contribution in [2.24, 2.45) is 0 Å². The maximum absolute atomic E-state index is 13.4. The summed E-state index contributed by atoms with van der Waals surface area (Å²) in [5.74, 6) is 0.158. The van der Waals surface area contributed by atoms with Gasteiger partial charge in [0, 0.05) is 0 Å². The molecule has 0 heterocycles. The molecule has 2 aromatic rings. The molecular formula is C15H13ClFNO4. The van der Waals surface area contributed by atoms with Crippen LogP contribution in [0, 0.1) is 5.82 Å².